The van der Waals surface area contributed by atoms with Crippen molar-refractivity contribution in [3.8, 4) is 0 Å². The van der Waals surface area contributed by atoms with Gasteiger partial charge < -0.3 is 15.5 Å². The first-order chi connectivity index (χ1) is 13.7. The lowest BCUT2D eigenvalue weighted by atomic mass is 9.99. The van der Waals surface area contributed by atoms with Gasteiger partial charge >= 0.3 is 0 Å². The molecule has 1 aliphatic heterocycles. The zero-order valence-electron chi connectivity index (χ0n) is 16.8. The quantitative estimate of drug-likeness (QED) is 0.593. The SMILES string of the molecule is CN=C(NCCc1ccccc1F)NCc1ccc(N2CCC(C)CC2)nc1. The number of nitrogens with one attached hydrogen (secondary N) is 2. The van der Waals surface area contributed by atoms with E-state index in [1.165, 1.54) is 18.9 Å². The van der Waals surface area contributed by atoms with Crippen molar-refractivity contribution in [2.24, 2.45) is 10.9 Å². The lowest BCUT2D eigenvalue weighted by Crippen LogP contribution is -2.38. The van der Waals surface area contributed by atoms with Crippen LogP contribution in [0.2, 0.25) is 0 Å². The molecule has 0 spiro atoms. The third-order valence-corrected chi connectivity index (χ3v) is 5.24. The third kappa shape index (κ3) is 5.68. The minimum atomic E-state index is -0.165. The normalized spacial score (nSPS) is 15.5. The average molecular weight is 384 g/mol. The molecule has 6 heteroatoms. The smallest absolute Gasteiger partial charge is 0.191 e. The van der Waals surface area contributed by atoms with E-state index in [9.17, 15) is 4.39 Å². The lowest BCUT2D eigenvalue weighted by molar-refractivity contribution is 0.436. The summed E-state index contributed by atoms with van der Waals surface area (Å²) in [6.07, 6.45) is 5.00. The number of hydrogen-bond acceptors (Lipinski definition) is 3. The zero-order valence-corrected chi connectivity index (χ0v) is 16.8. The Morgan fingerprint density at radius 3 is 2.64 bits per heavy atom. The molecule has 0 amide bonds. The van der Waals surface area contributed by atoms with Crippen LogP contribution in [0.1, 0.15) is 30.9 Å². The summed E-state index contributed by atoms with van der Waals surface area (Å²) >= 11 is 0. The molecular formula is C22H30FN5. The van der Waals surface area contributed by atoms with Crippen LogP contribution in [-0.4, -0.2) is 37.6 Å². The number of aromatic nitrogens is 1. The Morgan fingerprint density at radius 2 is 1.96 bits per heavy atom. The van der Waals surface area contributed by atoms with Crippen molar-refractivity contribution >= 4 is 11.8 Å². The number of piperidine rings is 1. The summed E-state index contributed by atoms with van der Waals surface area (Å²) in [5.41, 5.74) is 1.81. The number of hydrogen-bond donors (Lipinski definition) is 2. The highest BCUT2D eigenvalue weighted by molar-refractivity contribution is 5.79. The van der Waals surface area contributed by atoms with E-state index in [2.05, 4.69) is 44.6 Å². The van der Waals surface area contributed by atoms with Crippen LogP contribution in [0, 0.1) is 11.7 Å². The van der Waals surface area contributed by atoms with Crippen molar-refractivity contribution in [2.75, 3.05) is 31.6 Å². The fraction of sp³-hybridized carbons (Fsp3) is 0.455. The van der Waals surface area contributed by atoms with E-state index in [-0.39, 0.29) is 5.82 Å². The van der Waals surface area contributed by atoms with Gasteiger partial charge in [-0.1, -0.05) is 31.2 Å². The predicted octanol–water partition coefficient (Wildman–Crippen LogP) is 3.36. The molecule has 0 saturated carbocycles. The first-order valence-electron chi connectivity index (χ1n) is 10.0. The molecule has 150 valence electrons. The number of pyridine rings is 1. The molecule has 0 bridgehead atoms. The lowest BCUT2D eigenvalue weighted by Gasteiger charge is -2.31. The van der Waals surface area contributed by atoms with Gasteiger partial charge in [-0.3, -0.25) is 4.99 Å². The maximum atomic E-state index is 13.7. The summed E-state index contributed by atoms with van der Waals surface area (Å²) in [5, 5.41) is 6.51. The van der Waals surface area contributed by atoms with Gasteiger partial charge in [-0.25, -0.2) is 9.37 Å². The second kappa shape index (κ2) is 10.1. The third-order valence-electron chi connectivity index (χ3n) is 5.24. The number of benzene rings is 1. The maximum Gasteiger partial charge on any atom is 0.191 e. The van der Waals surface area contributed by atoms with Gasteiger partial charge in [0.25, 0.3) is 0 Å². The molecule has 0 unspecified atom stereocenters. The first kappa shape index (κ1) is 20.1. The van der Waals surface area contributed by atoms with Crippen molar-refractivity contribution in [2.45, 2.75) is 32.7 Å². The van der Waals surface area contributed by atoms with E-state index < -0.39 is 0 Å². The molecule has 2 N–H and O–H groups in total. The van der Waals surface area contributed by atoms with E-state index >= 15 is 0 Å². The molecule has 28 heavy (non-hydrogen) atoms. The van der Waals surface area contributed by atoms with E-state index in [0.717, 1.165) is 30.4 Å². The van der Waals surface area contributed by atoms with E-state index in [0.29, 0.717) is 31.0 Å². The number of aliphatic imine (C=N–C) groups is 1. The van der Waals surface area contributed by atoms with E-state index in [4.69, 9.17) is 0 Å². The molecule has 1 saturated heterocycles. The molecule has 3 rings (SSSR count). The molecule has 2 aromatic rings. The van der Waals surface area contributed by atoms with Gasteiger partial charge in [0, 0.05) is 39.4 Å². The molecule has 1 aromatic heterocycles. The number of halogens is 1. The molecule has 0 atom stereocenters. The summed E-state index contributed by atoms with van der Waals surface area (Å²) in [6, 6.07) is 11.1. The topological polar surface area (TPSA) is 52.6 Å². The van der Waals surface area contributed by atoms with Gasteiger partial charge in [0.2, 0.25) is 0 Å². The molecule has 0 radical (unpaired) electrons. The Bertz CT molecular complexity index is 767. The summed E-state index contributed by atoms with van der Waals surface area (Å²) < 4.78 is 13.7. The van der Waals surface area contributed by atoms with E-state index in [1.807, 2.05) is 18.3 Å². The molecule has 1 aromatic carbocycles. The minimum absolute atomic E-state index is 0.165. The van der Waals surface area contributed by atoms with Crippen LogP contribution in [0.3, 0.4) is 0 Å². The van der Waals surface area contributed by atoms with Gasteiger partial charge in [0.1, 0.15) is 11.6 Å². The van der Waals surface area contributed by atoms with Gasteiger partial charge in [-0.2, -0.15) is 0 Å². The van der Waals surface area contributed by atoms with Crippen molar-refractivity contribution in [3.63, 3.8) is 0 Å². The van der Waals surface area contributed by atoms with Gasteiger partial charge in [-0.15, -0.1) is 0 Å². The Hall–Kier alpha value is -2.63. The van der Waals surface area contributed by atoms with E-state index in [1.54, 1.807) is 13.1 Å². The van der Waals surface area contributed by atoms with Gasteiger partial charge in [0.15, 0.2) is 5.96 Å². The van der Waals surface area contributed by atoms with Crippen LogP contribution in [0.25, 0.3) is 0 Å². The van der Waals surface area contributed by atoms with Crippen molar-refractivity contribution in [1.82, 2.24) is 15.6 Å². The highest BCUT2D eigenvalue weighted by atomic mass is 19.1. The Labute approximate surface area is 167 Å². The minimum Gasteiger partial charge on any atom is -0.357 e. The Balaban J connectivity index is 1.44. The summed E-state index contributed by atoms with van der Waals surface area (Å²) in [7, 11) is 1.73. The number of guanidine groups is 1. The average Bonchev–Trinajstić information content (AvgIpc) is 2.73. The zero-order chi connectivity index (χ0) is 19.8. The van der Waals surface area contributed by atoms with Crippen molar-refractivity contribution in [3.05, 3.63) is 59.5 Å². The molecular weight excluding hydrogens is 353 g/mol. The van der Waals surface area contributed by atoms with Crippen LogP contribution in [0.5, 0.6) is 0 Å². The second-order valence-corrected chi connectivity index (χ2v) is 7.39. The van der Waals surface area contributed by atoms with Gasteiger partial charge in [-0.05, 0) is 48.4 Å². The molecule has 5 nitrogen and oxygen atoms in total. The van der Waals surface area contributed by atoms with Crippen molar-refractivity contribution in [1.29, 1.82) is 0 Å². The van der Waals surface area contributed by atoms with Crippen LogP contribution >= 0.6 is 0 Å². The Morgan fingerprint density at radius 1 is 1.18 bits per heavy atom. The maximum absolute atomic E-state index is 13.7. The summed E-state index contributed by atoms with van der Waals surface area (Å²) in [5.74, 6) is 2.41. The molecule has 1 fully saturated rings. The van der Waals surface area contributed by atoms with Crippen molar-refractivity contribution < 1.29 is 4.39 Å². The molecule has 0 aliphatic carbocycles. The monoisotopic (exact) mass is 383 g/mol. The van der Waals surface area contributed by atoms with Crippen LogP contribution in [-0.2, 0) is 13.0 Å². The van der Waals surface area contributed by atoms with Gasteiger partial charge in [0.05, 0.1) is 0 Å². The highest BCUT2D eigenvalue weighted by Crippen LogP contribution is 2.21. The number of nitrogens with zero attached hydrogens (tertiary/aromatic N) is 3. The standard InChI is InChI=1S/C22H30FN5/c1-17-10-13-28(14-11-17)21-8-7-18(15-26-21)16-27-22(24-2)25-12-9-19-5-3-4-6-20(19)23/h3-8,15,17H,9-14,16H2,1-2H3,(H2,24,25,27). The number of rotatable bonds is 6. The molecule has 2 heterocycles. The highest BCUT2D eigenvalue weighted by Gasteiger charge is 2.16. The van der Waals surface area contributed by atoms with Crippen LogP contribution < -0.4 is 15.5 Å². The second-order valence-electron chi connectivity index (χ2n) is 7.39. The fourth-order valence-corrected chi connectivity index (χ4v) is 3.37. The largest absolute Gasteiger partial charge is 0.357 e. The molecule has 1 aliphatic rings. The number of anilines is 1. The summed E-state index contributed by atoms with van der Waals surface area (Å²) in [6.45, 7) is 5.75. The first-order valence-corrected chi connectivity index (χ1v) is 10.0. The van der Waals surface area contributed by atoms with Crippen LogP contribution in [0.15, 0.2) is 47.6 Å². The summed E-state index contributed by atoms with van der Waals surface area (Å²) in [4.78, 5) is 11.2. The Kier molecular flexibility index (Phi) is 7.23. The fourth-order valence-electron chi connectivity index (χ4n) is 3.37. The van der Waals surface area contributed by atoms with Crippen LogP contribution in [0.4, 0.5) is 10.2 Å². The predicted molar refractivity (Wildman–Crippen MR) is 113 cm³/mol.